The second-order valence-electron chi connectivity index (χ2n) is 6.77. The highest BCUT2D eigenvalue weighted by atomic mass is 16.2. The first-order valence-electron chi connectivity index (χ1n) is 9.19. The normalized spacial score (nSPS) is 14.9. The molecule has 0 unspecified atom stereocenters. The van der Waals surface area contributed by atoms with Gasteiger partial charge in [-0.25, -0.2) is 4.98 Å². The molecule has 1 amide bonds. The van der Waals surface area contributed by atoms with Crippen molar-refractivity contribution in [1.29, 1.82) is 0 Å². The molecule has 136 valence electrons. The molecule has 4 rings (SSSR count). The summed E-state index contributed by atoms with van der Waals surface area (Å²) in [6.45, 7) is 5.24. The number of benzene rings is 2. The van der Waals surface area contributed by atoms with Crippen LogP contribution in [0.25, 0.3) is 17.1 Å². The molecule has 0 saturated carbocycles. The molecule has 5 nitrogen and oxygen atoms in total. The summed E-state index contributed by atoms with van der Waals surface area (Å²) < 4.78 is 0. The molecule has 0 bridgehead atoms. The summed E-state index contributed by atoms with van der Waals surface area (Å²) in [6, 6.07) is 16.2. The Bertz CT molecular complexity index is 990. The van der Waals surface area contributed by atoms with Crippen molar-refractivity contribution in [3.05, 3.63) is 72.1 Å². The van der Waals surface area contributed by atoms with Crippen molar-refractivity contribution in [2.75, 3.05) is 31.1 Å². The van der Waals surface area contributed by atoms with Gasteiger partial charge in [0.1, 0.15) is 0 Å². The Balaban J connectivity index is 1.38. The van der Waals surface area contributed by atoms with E-state index in [2.05, 4.69) is 46.1 Å². The summed E-state index contributed by atoms with van der Waals surface area (Å²) in [5, 5.41) is 0. The van der Waals surface area contributed by atoms with Gasteiger partial charge < -0.3 is 9.80 Å². The third kappa shape index (κ3) is 3.97. The fraction of sp³-hybridized carbons (Fsp3) is 0.227. The van der Waals surface area contributed by atoms with Gasteiger partial charge in [0.15, 0.2) is 0 Å². The molecule has 1 saturated heterocycles. The third-order valence-electron chi connectivity index (χ3n) is 4.82. The first-order valence-corrected chi connectivity index (χ1v) is 9.19. The first-order chi connectivity index (χ1) is 13.2. The van der Waals surface area contributed by atoms with Gasteiger partial charge in [0, 0.05) is 37.9 Å². The zero-order chi connectivity index (χ0) is 18.6. The van der Waals surface area contributed by atoms with Gasteiger partial charge in [0.25, 0.3) is 0 Å². The summed E-state index contributed by atoms with van der Waals surface area (Å²) in [4.78, 5) is 25.6. The average molecular weight is 358 g/mol. The van der Waals surface area contributed by atoms with E-state index in [1.165, 1.54) is 11.3 Å². The smallest absolute Gasteiger partial charge is 0.246 e. The van der Waals surface area contributed by atoms with Crippen LogP contribution in [0, 0.1) is 6.92 Å². The molecule has 0 spiro atoms. The molecular weight excluding hydrogens is 336 g/mol. The van der Waals surface area contributed by atoms with Crippen LogP contribution in [-0.4, -0.2) is 47.0 Å². The van der Waals surface area contributed by atoms with Gasteiger partial charge in [0.2, 0.25) is 5.91 Å². The van der Waals surface area contributed by atoms with Gasteiger partial charge in [-0.2, -0.15) is 0 Å². The van der Waals surface area contributed by atoms with E-state index in [-0.39, 0.29) is 5.91 Å². The van der Waals surface area contributed by atoms with Crippen molar-refractivity contribution in [3.63, 3.8) is 0 Å². The predicted molar refractivity (Wildman–Crippen MR) is 109 cm³/mol. The molecule has 1 aromatic heterocycles. The number of aryl methyl sites for hydroxylation is 1. The summed E-state index contributed by atoms with van der Waals surface area (Å²) in [5.41, 5.74) is 4.86. The van der Waals surface area contributed by atoms with Crippen LogP contribution in [0.1, 0.15) is 11.3 Å². The second kappa shape index (κ2) is 7.58. The summed E-state index contributed by atoms with van der Waals surface area (Å²) in [7, 11) is 0. The summed E-state index contributed by atoms with van der Waals surface area (Å²) >= 11 is 0. The number of hydrogen-bond donors (Lipinski definition) is 0. The molecule has 5 heteroatoms. The number of piperazine rings is 1. The van der Waals surface area contributed by atoms with E-state index in [1.54, 1.807) is 18.3 Å². The van der Waals surface area contributed by atoms with Gasteiger partial charge in [-0.3, -0.25) is 9.78 Å². The number of amides is 1. The van der Waals surface area contributed by atoms with Crippen LogP contribution in [0.5, 0.6) is 0 Å². The average Bonchev–Trinajstić information content (AvgIpc) is 2.72. The van der Waals surface area contributed by atoms with E-state index in [0.29, 0.717) is 5.69 Å². The number of nitrogens with zero attached hydrogens (tertiary/aromatic N) is 4. The fourth-order valence-corrected chi connectivity index (χ4v) is 3.32. The van der Waals surface area contributed by atoms with Crippen molar-refractivity contribution in [2.45, 2.75) is 6.92 Å². The minimum absolute atomic E-state index is 0.0221. The Morgan fingerprint density at radius 1 is 1.00 bits per heavy atom. The Kier molecular flexibility index (Phi) is 4.83. The predicted octanol–water partition coefficient (Wildman–Crippen LogP) is 3.30. The Labute approximate surface area is 159 Å². The zero-order valence-electron chi connectivity index (χ0n) is 15.4. The van der Waals surface area contributed by atoms with E-state index in [9.17, 15) is 4.79 Å². The fourth-order valence-electron chi connectivity index (χ4n) is 3.32. The number of anilines is 1. The van der Waals surface area contributed by atoms with E-state index < -0.39 is 0 Å². The van der Waals surface area contributed by atoms with Crippen LogP contribution in [0.3, 0.4) is 0 Å². The van der Waals surface area contributed by atoms with E-state index in [4.69, 9.17) is 0 Å². The van der Waals surface area contributed by atoms with Crippen molar-refractivity contribution in [3.8, 4) is 0 Å². The number of aromatic nitrogens is 2. The highest BCUT2D eigenvalue weighted by Gasteiger charge is 2.19. The largest absolute Gasteiger partial charge is 0.368 e. The van der Waals surface area contributed by atoms with Crippen molar-refractivity contribution >= 4 is 28.7 Å². The number of para-hydroxylation sites is 2. The van der Waals surface area contributed by atoms with Gasteiger partial charge in [-0.05, 0) is 42.8 Å². The zero-order valence-corrected chi connectivity index (χ0v) is 15.4. The third-order valence-corrected chi connectivity index (χ3v) is 4.82. The summed E-state index contributed by atoms with van der Waals surface area (Å²) in [5.74, 6) is 0.0221. The van der Waals surface area contributed by atoms with E-state index in [0.717, 1.165) is 37.2 Å². The molecule has 0 N–H and O–H groups in total. The van der Waals surface area contributed by atoms with Crippen LogP contribution in [0.2, 0.25) is 0 Å². The highest BCUT2D eigenvalue weighted by Crippen LogP contribution is 2.18. The lowest BCUT2D eigenvalue weighted by atomic mass is 10.2. The SMILES string of the molecule is Cc1cccc(N2CCN(C(=O)/C=C/c3cnc4ccccc4n3)CC2)c1. The molecule has 1 aliphatic heterocycles. The lowest BCUT2D eigenvalue weighted by molar-refractivity contribution is -0.126. The van der Waals surface area contributed by atoms with Crippen molar-refractivity contribution in [1.82, 2.24) is 14.9 Å². The Morgan fingerprint density at radius 3 is 2.56 bits per heavy atom. The first kappa shape index (κ1) is 17.2. The number of rotatable bonds is 3. The number of hydrogen-bond acceptors (Lipinski definition) is 4. The van der Waals surface area contributed by atoms with Crippen molar-refractivity contribution in [2.24, 2.45) is 0 Å². The molecular formula is C22H22N4O. The molecule has 0 radical (unpaired) electrons. The van der Waals surface area contributed by atoms with Gasteiger partial charge in [0.05, 0.1) is 22.9 Å². The van der Waals surface area contributed by atoms with Gasteiger partial charge in [-0.15, -0.1) is 0 Å². The monoisotopic (exact) mass is 358 g/mol. The maximum atomic E-state index is 12.5. The Hall–Kier alpha value is -3.21. The van der Waals surface area contributed by atoms with Crippen LogP contribution in [0.4, 0.5) is 5.69 Å². The van der Waals surface area contributed by atoms with E-state index in [1.807, 2.05) is 29.2 Å². The molecule has 27 heavy (non-hydrogen) atoms. The van der Waals surface area contributed by atoms with Gasteiger partial charge >= 0.3 is 0 Å². The van der Waals surface area contributed by atoms with Crippen LogP contribution >= 0.6 is 0 Å². The molecule has 1 aliphatic rings. The van der Waals surface area contributed by atoms with Crippen LogP contribution < -0.4 is 4.90 Å². The molecule has 2 aromatic carbocycles. The summed E-state index contributed by atoms with van der Waals surface area (Å²) in [6.07, 6.45) is 5.04. The minimum Gasteiger partial charge on any atom is -0.368 e. The van der Waals surface area contributed by atoms with Crippen LogP contribution in [-0.2, 0) is 4.79 Å². The Morgan fingerprint density at radius 2 is 1.78 bits per heavy atom. The van der Waals surface area contributed by atoms with Crippen molar-refractivity contribution < 1.29 is 4.79 Å². The molecule has 0 aliphatic carbocycles. The van der Waals surface area contributed by atoms with Gasteiger partial charge in [-0.1, -0.05) is 24.3 Å². The second-order valence-corrected chi connectivity index (χ2v) is 6.77. The van der Waals surface area contributed by atoms with Crippen LogP contribution in [0.15, 0.2) is 60.8 Å². The molecule has 3 aromatic rings. The lowest BCUT2D eigenvalue weighted by Crippen LogP contribution is -2.48. The highest BCUT2D eigenvalue weighted by molar-refractivity contribution is 5.92. The minimum atomic E-state index is 0.0221. The maximum absolute atomic E-state index is 12.5. The maximum Gasteiger partial charge on any atom is 0.246 e. The molecule has 2 heterocycles. The molecule has 1 fully saturated rings. The topological polar surface area (TPSA) is 49.3 Å². The number of carbonyl (C=O) groups excluding carboxylic acids is 1. The van der Waals surface area contributed by atoms with E-state index >= 15 is 0 Å². The number of carbonyl (C=O) groups is 1. The molecule has 0 atom stereocenters. The quantitative estimate of drug-likeness (QED) is 0.674. The number of fused-ring (bicyclic) bond motifs is 1. The lowest BCUT2D eigenvalue weighted by Gasteiger charge is -2.35. The standard InChI is InChI=1S/C22H22N4O/c1-17-5-4-6-19(15-17)25-11-13-26(14-12-25)22(27)10-9-18-16-23-20-7-2-3-8-21(20)24-18/h2-10,15-16H,11-14H2,1H3/b10-9+.